The molecule has 0 saturated carbocycles. The summed E-state index contributed by atoms with van der Waals surface area (Å²) in [4.78, 5) is 63.8. The number of alkyl halides is 1. The molecule has 0 spiro atoms. The van der Waals surface area contributed by atoms with Crippen molar-refractivity contribution in [1.29, 1.82) is 0 Å². The molecule has 2 N–H and O–H groups in total. The van der Waals surface area contributed by atoms with Gasteiger partial charge >= 0.3 is 11.9 Å². The van der Waals surface area contributed by atoms with Crippen LogP contribution in [0.4, 0.5) is 0 Å². The number of unbranched alkanes of at least 4 members (excludes halogenated alkanes) is 5. The molecule has 14 heteroatoms. The Balaban J connectivity index is 1.38. The number of carbonyl (C=O) groups excluding carboxylic acids is 5. The van der Waals surface area contributed by atoms with Crippen LogP contribution in [0.15, 0.2) is 60.7 Å². The number of esters is 2. The van der Waals surface area contributed by atoms with Gasteiger partial charge in [-0.2, -0.15) is 0 Å². The summed E-state index contributed by atoms with van der Waals surface area (Å²) in [6.45, 7) is 13.7. The van der Waals surface area contributed by atoms with Crippen molar-refractivity contribution in [1.82, 2.24) is 10.6 Å². The molecule has 0 fully saturated rings. The summed E-state index contributed by atoms with van der Waals surface area (Å²) in [6.07, 6.45) is 6.71. The Hall–Kier alpha value is -4.98. The lowest BCUT2D eigenvalue weighted by molar-refractivity contribution is -0.143. The van der Waals surface area contributed by atoms with Gasteiger partial charge in [-0.15, -0.1) is 11.6 Å². The number of hydrogen-bond acceptors (Lipinski definition) is 11. The number of benzene rings is 3. The van der Waals surface area contributed by atoms with E-state index in [0.29, 0.717) is 93.4 Å². The van der Waals surface area contributed by atoms with E-state index in [1.54, 1.807) is 90.1 Å². The molecule has 332 valence electrons. The minimum atomic E-state index is -1.63. The minimum Gasteiger partial charge on any atom is -0.456 e. The first-order valence-electron chi connectivity index (χ1n) is 21.0. The summed E-state index contributed by atoms with van der Waals surface area (Å²) in [5.41, 5.74) is -1.64. The van der Waals surface area contributed by atoms with Crippen LogP contribution in [0.2, 0.25) is 0 Å². The van der Waals surface area contributed by atoms with E-state index < -0.39 is 28.4 Å². The number of nitrogens with one attached hydrogen (secondary N) is 2. The van der Waals surface area contributed by atoms with Crippen LogP contribution in [0, 0.1) is 10.8 Å². The van der Waals surface area contributed by atoms with Crippen molar-refractivity contribution in [3.8, 4) is 23.0 Å². The van der Waals surface area contributed by atoms with Gasteiger partial charge in [-0.3, -0.25) is 24.0 Å². The van der Waals surface area contributed by atoms with Crippen LogP contribution in [-0.4, -0.2) is 75.6 Å². The van der Waals surface area contributed by atoms with Gasteiger partial charge in [0.1, 0.15) is 23.0 Å². The second kappa shape index (κ2) is 23.3. The average Bonchev–Trinajstić information content (AvgIpc) is 3.21. The Labute approximate surface area is 364 Å². The van der Waals surface area contributed by atoms with E-state index in [2.05, 4.69) is 10.6 Å². The topological polar surface area (TPSA) is 165 Å². The van der Waals surface area contributed by atoms with E-state index in [4.69, 9.17) is 40.0 Å². The van der Waals surface area contributed by atoms with Crippen molar-refractivity contribution in [2.75, 3.05) is 45.4 Å². The summed E-state index contributed by atoms with van der Waals surface area (Å²) < 4.78 is 34.8. The molecular formula is C47H61ClN2O11. The molecule has 61 heavy (non-hydrogen) atoms. The number of hydrogen-bond donors (Lipinski definition) is 2. The first-order valence-corrected chi connectivity index (χ1v) is 21.5. The Bertz CT molecular complexity index is 1880. The smallest absolute Gasteiger partial charge is 0.316 e. The zero-order valence-electron chi connectivity index (χ0n) is 36.3. The molecule has 0 atom stereocenters. The monoisotopic (exact) mass is 864 g/mol. The van der Waals surface area contributed by atoms with Crippen LogP contribution in [0.3, 0.4) is 0 Å². The Morgan fingerprint density at radius 1 is 0.672 bits per heavy atom. The maximum atomic E-state index is 13.5. The molecule has 0 unspecified atom stereocenters. The number of carbonyl (C=O) groups is 5. The van der Waals surface area contributed by atoms with Gasteiger partial charge in [0.15, 0.2) is 5.60 Å². The maximum absolute atomic E-state index is 13.5. The van der Waals surface area contributed by atoms with Crippen molar-refractivity contribution < 1.29 is 52.4 Å². The zero-order chi connectivity index (χ0) is 44.5. The standard InChI is InChI=1S/C47H61ClN2O11/c1-45(2,3)43(54)59-35-18-20-37-39(30-35)61-40-31-36(60-44(55)46(4,5)6)19-21-38(40)47(37,58-32-51)34-16-14-15-33(29-34)42(53)50-23-12-9-10-17-41(52)49-24-26-57-28-27-56-25-13-8-7-11-22-48/h14-16,18-21,29-32H,7-13,17,22-28H2,1-6H3,(H,49,52)(H,50,53). The quantitative estimate of drug-likeness (QED) is 0.0292. The molecular weight excluding hydrogens is 804 g/mol. The third-order valence-corrected chi connectivity index (χ3v) is 10.0. The third-order valence-electron chi connectivity index (χ3n) is 9.77. The first-order chi connectivity index (χ1) is 29.1. The molecule has 0 saturated heterocycles. The highest BCUT2D eigenvalue weighted by Crippen LogP contribution is 2.54. The Kier molecular flexibility index (Phi) is 18.6. The molecule has 2 amide bonds. The molecule has 3 aromatic rings. The van der Waals surface area contributed by atoms with Gasteiger partial charge in [0, 0.05) is 66.4 Å². The fourth-order valence-electron chi connectivity index (χ4n) is 6.34. The second-order valence-electron chi connectivity index (χ2n) is 16.9. The highest BCUT2D eigenvalue weighted by Gasteiger charge is 2.47. The fourth-order valence-corrected chi connectivity index (χ4v) is 6.53. The maximum Gasteiger partial charge on any atom is 0.316 e. The van der Waals surface area contributed by atoms with Gasteiger partial charge in [-0.05, 0) is 104 Å². The van der Waals surface area contributed by atoms with Crippen LogP contribution >= 0.6 is 11.6 Å². The predicted molar refractivity (Wildman–Crippen MR) is 231 cm³/mol. The summed E-state index contributed by atoms with van der Waals surface area (Å²) in [5, 5.41) is 5.82. The van der Waals surface area contributed by atoms with Crippen molar-refractivity contribution >= 4 is 41.8 Å². The molecule has 0 radical (unpaired) electrons. The van der Waals surface area contributed by atoms with E-state index in [0.717, 1.165) is 32.1 Å². The minimum absolute atomic E-state index is 0.0512. The number of rotatable bonds is 24. The van der Waals surface area contributed by atoms with E-state index in [1.165, 1.54) is 12.1 Å². The molecule has 1 aliphatic rings. The van der Waals surface area contributed by atoms with Crippen molar-refractivity contribution in [2.24, 2.45) is 10.8 Å². The van der Waals surface area contributed by atoms with Gasteiger partial charge in [-0.25, -0.2) is 0 Å². The average molecular weight is 865 g/mol. The largest absolute Gasteiger partial charge is 0.456 e. The van der Waals surface area contributed by atoms with Gasteiger partial charge in [0.2, 0.25) is 5.91 Å². The van der Waals surface area contributed by atoms with Gasteiger partial charge in [0.25, 0.3) is 12.4 Å². The van der Waals surface area contributed by atoms with Crippen LogP contribution in [-0.2, 0) is 39.0 Å². The Morgan fingerprint density at radius 3 is 1.85 bits per heavy atom. The predicted octanol–water partition coefficient (Wildman–Crippen LogP) is 8.40. The van der Waals surface area contributed by atoms with E-state index in [1.807, 2.05) is 0 Å². The molecule has 0 aromatic heterocycles. The van der Waals surface area contributed by atoms with Crippen LogP contribution in [0.1, 0.15) is 120 Å². The molecule has 13 nitrogen and oxygen atoms in total. The Morgan fingerprint density at radius 2 is 1.26 bits per heavy atom. The lowest BCUT2D eigenvalue weighted by Crippen LogP contribution is -2.36. The molecule has 4 rings (SSSR count). The SMILES string of the molecule is CC(C)(C)C(=O)Oc1ccc2c(c1)Oc1cc(OC(=O)C(C)(C)C)ccc1C2(OC=O)c1cccc(C(=O)NCCCCCC(=O)NCCOCCOCCCCCCCl)c1. The molecule has 1 heterocycles. The van der Waals surface area contributed by atoms with E-state index in [9.17, 15) is 24.0 Å². The molecule has 3 aromatic carbocycles. The molecule has 0 bridgehead atoms. The lowest BCUT2D eigenvalue weighted by Gasteiger charge is -2.39. The summed E-state index contributed by atoms with van der Waals surface area (Å²) in [5.74, 6) is 0.218. The number of ether oxygens (including phenoxy) is 6. The second-order valence-corrected chi connectivity index (χ2v) is 17.3. The van der Waals surface area contributed by atoms with Crippen LogP contribution < -0.4 is 24.8 Å². The number of halogens is 1. The zero-order valence-corrected chi connectivity index (χ0v) is 37.1. The highest BCUT2D eigenvalue weighted by atomic mass is 35.5. The highest BCUT2D eigenvalue weighted by molar-refractivity contribution is 6.17. The van der Waals surface area contributed by atoms with Crippen LogP contribution in [0.25, 0.3) is 0 Å². The summed E-state index contributed by atoms with van der Waals surface area (Å²) in [7, 11) is 0. The van der Waals surface area contributed by atoms with E-state index >= 15 is 0 Å². The third kappa shape index (κ3) is 14.3. The van der Waals surface area contributed by atoms with Crippen molar-refractivity contribution in [3.05, 3.63) is 82.9 Å². The first kappa shape index (κ1) is 48.7. The normalized spacial score (nSPS) is 12.9. The van der Waals surface area contributed by atoms with Gasteiger partial charge in [-0.1, -0.05) is 31.4 Å². The van der Waals surface area contributed by atoms with E-state index in [-0.39, 0.29) is 34.8 Å². The molecule has 0 aliphatic carbocycles. The summed E-state index contributed by atoms with van der Waals surface area (Å²) in [6, 6.07) is 16.2. The van der Waals surface area contributed by atoms with Crippen molar-refractivity contribution in [2.45, 2.75) is 98.5 Å². The van der Waals surface area contributed by atoms with Crippen LogP contribution in [0.5, 0.6) is 23.0 Å². The summed E-state index contributed by atoms with van der Waals surface area (Å²) >= 11 is 5.68. The van der Waals surface area contributed by atoms with Crippen molar-refractivity contribution in [3.63, 3.8) is 0 Å². The van der Waals surface area contributed by atoms with Gasteiger partial charge in [0.05, 0.1) is 30.7 Å². The lowest BCUT2D eigenvalue weighted by atomic mass is 9.77. The number of amides is 2. The fraction of sp³-hybridized carbons (Fsp3) is 0.511. The number of fused-ring (bicyclic) bond motifs is 2. The van der Waals surface area contributed by atoms with Gasteiger partial charge < -0.3 is 39.1 Å². The molecule has 1 aliphatic heterocycles.